The molecule has 0 unspecified atom stereocenters. The van der Waals surface area contributed by atoms with Gasteiger partial charge in [-0.3, -0.25) is 0 Å². The van der Waals surface area contributed by atoms with Gasteiger partial charge < -0.3 is 15.5 Å². The molecule has 0 aliphatic heterocycles. The molecule has 0 aromatic heterocycles. The van der Waals surface area contributed by atoms with Gasteiger partial charge in [-0.15, -0.1) is 0 Å². The molecule has 0 radical (unpaired) electrons. The molecule has 1 saturated carbocycles. The average Bonchev–Trinajstić information content (AvgIpc) is 2.36. The summed E-state index contributed by atoms with van der Waals surface area (Å²) in [5.74, 6) is 0.993. The molecule has 0 spiro atoms. The second-order valence-electron chi connectivity index (χ2n) is 5.08. The maximum Gasteiger partial charge on any atom is 0.120 e. The van der Waals surface area contributed by atoms with E-state index in [0.29, 0.717) is 18.2 Å². The van der Waals surface area contributed by atoms with E-state index in [1.54, 1.807) is 6.07 Å². The molecule has 0 saturated heterocycles. The Morgan fingerprint density at radius 3 is 2.67 bits per heavy atom. The topological polar surface area (TPSA) is 52.5 Å². The first-order valence-electron chi connectivity index (χ1n) is 6.51. The fraction of sp³-hybridized carbons (Fsp3) is 0.571. The summed E-state index contributed by atoms with van der Waals surface area (Å²) in [5.41, 5.74) is 0.917. The molecule has 1 aromatic rings. The van der Waals surface area contributed by atoms with Gasteiger partial charge in [-0.2, -0.15) is 0 Å². The van der Waals surface area contributed by atoms with E-state index in [0.717, 1.165) is 42.3 Å². The fourth-order valence-corrected chi connectivity index (χ4v) is 2.86. The third-order valence-corrected chi connectivity index (χ3v) is 4.10. The van der Waals surface area contributed by atoms with Gasteiger partial charge in [-0.25, -0.2) is 0 Å². The van der Waals surface area contributed by atoms with Gasteiger partial charge >= 0.3 is 0 Å². The highest BCUT2D eigenvalue weighted by molar-refractivity contribution is 9.10. The van der Waals surface area contributed by atoms with E-state index in [-0.39, 0.29) is 6.10 Å². The van der Waals surface area contributed by atoms with Crippen LogP contribution in [0.4, 0.5) is 0 Å². The molecule has 2 rings (SSSR count). The molecule has 0 atom stereocenters. The Morgan fingerprint density at radius 2 is 1.94 bits per heavy atom. The summed E-state index contributed by atoms with van der Waals surface area (Å²) >= 11 is 3.40. The third-order valence-electron chi connectivity index (χ3n) is 3.61. The van der Waals surface area contributed by atoms with Crippen molar-refractivity contribution in [2.45, 2.75) is 38.3 Å². The minimum absolute atomic E-state index is 0.0876. The van der Waals surface area contributed by atoms with Crippen molar-refractivity contribution in [3.8, 4) is 5.75 Å². The molecule has 1 aliphatic carbocycles. The monoisotopic (exact) mass is 313 g/mol. The normalized spacial score (nSPS) is 24.1. The second-order valence-corrected chi connectivity index (χ2v) is 5.99. The van der Waals surface area contributed by atoms with Gasteiger partial charge in [0.05, 0.1) is 6.10 Å². The van der Waals surface area contributed by atoms with E-state index < -0.39 is 0 Å². The van der Waals surface area contributed by atoms with Crippen LogP contribution in [0.5, 0.6) is 5.75 Å². The van der Waals surface area contributed by atoms with Crippen molar-refractivity contribution in [1.29, 1.82) is 0 Å². The van der Waals surface area contributed by atoms with Crippen molar-refractivity contribution in [2.24, 2.45) is 5.92 Å². The van der Waals surface area contributed by atoms with Crippen LogP contribution in [0, 0.1) is 5.92 Å². The van der Waals surface area contributed by atoms with E-state index in [4.69, 9.17) is 0 Å². The van der Waals surface area contributed by atoms with Crippen LogP contribution in [0.25, 0.3) is 0 Å². The quantitative estimate of drug-likeness (QED) is 0.801. The summed E-state index contributed by atoms with van der Waals surface area (Å²) in [6, 6.07) is 5.48. The van der Waals surface area contributed by atoms with Crippen molar-refractivity contribution in [3.05, 3.63) is 28.2 Å². The largest absolute Gasteiger partial charge is 0.508 e. The highest BCUT2D eigenvalue weighted by atomic mass is 79.9. The molecule has 1 aromatic carbocycles. The summed E-state index contributed by atoms with van der Waals surface area (Å²) in [6.45, 7) is 1.64. The Labute approximate surface area is 116 Å². The summed E-state index contributed by atoms with van der Waals surface area (Å²) in [4.78, 5) is 0. The van der Waals surface area contributed by atoms with Crippen molar-refractivity contribution in [2.75, 3.05) is 6.54 Å². The first-order chi connectivity index (χ1) is 8.65. The zero-order chi connectivity index (χ0) is 13.0. The molecule has 1 fully saturated rings. The number of phenolic OH excluding ortho intramolecular Hbond substituents is 1. The first-order valence-corrected chi connectivity index (χ1v) is 7.30. The molecular formula is C14H20BrNO2. The smallest absolute Gasteiger partial charge is 0.120 e. The van der Waals surface area contributed by atoms with E-state index >= 15 is 0 Å². The van der Waals surface area contributed by atoms with Crippen molar-refractivity contribution in [3.63, 3.8) is 0 Å². The number of nitrogens with one attached hydrogen (secondary N) is 1. The van der Waals surface area contributed by atoms with Crippen LogP contribution in [0.3, 0.4) is 0 Å². The van der Waals surface area contributed by atoms with E-state index in [1.807, 2.05) is 12.1 Å². The molecule has 100 valence electrons. The van der Waals surface area contributed by atoms with Crippen molar-refractivity contribution in [1.82, 2.24) is 5.32 Å². The molecule has 4 heteroatoms. The Morgan fingerprint density at radius 1 is 1.22 bits per heavy atom. The molecule has 0 amide bonds. The lowest BCUT2D eigenvalue weighted by Crippen LogP contribution is -2.27. The molecule has 1 aliphatic rings. The van der Waals surface area contributed by atoms with E-state index in [2.05, 4.69) is 21.2 Å². The lowest BCUT2D eigenvalue weighted by molar-refractivity contribution is 0.108. The van der Waals surface area contributed by atoms with E-state index in [1.165, 1.54) is 0 Å². The summed E-state index contributed by atoms with van der Waals surface area (Å²) in [7, 11) is 0. The van der Waals surface area contributed by atoms with Crippen molar-refractivity contribution < 1.29 is 10.2 Å². The van der Waals surface area contributed by atoms with Crippen LogP contribution in [0.2, 0.25) is 0 Å². The number of aliphatic hydroxyl groups excluding tert-OH is 1. The highest BCUT2D eigenvalue weighted by Gasteiger charge is 2.18. The van der Waals surface area contributed by atoms with Crippen molar-refractivity contribution >= 4 is 15.9 Å². The molecule has 0 bridgehead atoms. The molecule has 3 nitrogen and oxygen atoms in total. The number of benzene rings is 1. The fourth-order valence-electron chi connectivity index (χ4n) is 2.46. The molecule has 0 heterocycles. The molecular weight excluding hydrogens is 294 g/mol. The standard InChI is InChI=1S/C14H20BrNO2/c15-12-3-6-14(18)11(7-12)9-16-8-10-1-4-13(17)5-2-10/h3,6-7,10,13,16-18H,1-2,4-5,8-9H2. The maximum absolute atomic E-state index is 9.71. The number of rotatable bonds is 4. The summed E-state index contributed by atoms with van der Waals surface area (Å²) in [5, 5.41) is 22.5. The van der Waals surface area contributed by atoms with Crippen LogP contribution in [-0.4, -0.2) is 22.9 Å². The predicted octanol–water partition coefficient (Wildman–Crippen LogP) is 2.80. The molecule has 3 N–H and O–H groups in total. The van der Waals surface area contributed by atoms with Crippen LogP contribution < -0.4 is 5.32 Å². The first kappa shape index (κ1) is 13.8. The Bertz CT molecular complexity index is 389. The predicted molar refractivity (Wildman–Crippen MR) is 75.5 cm³/mol. The van der Waals surface area contributed by atoms with Gasteiger partial charge in [0, 0.05) is 16.6 Å². The number of aromatic hydroxyl groups is 1. The summed E-state index contributed by atoms with van der Waals surface area (Å²) < 4.78 is 0.984. The lowest BCUT2D eigenvalue weighted by Gasteiger charge is -2.25. The minimum Gasteiger partial charge on any atom is -0.508 e. The van der Waals surface area contributed by atoms with Crippen LogP contribution in [-0.2, 0) is 6.54 Å². The van der Waals surface area contributed by atoms with Crippen LogP contribution in [0.1, 0.15) is 31.2 Å². The van der Waals surface area contributed by atoms with Crippen LogP contribution >= 0.6 is 15.9 Å². The zero-order valence-corrected chi connectivity index (χ0v) is 12.0. The Hall–Kier alpha value is -0.580. The minimum atomic E-state index is -0.0876. The maximum atomic E-state index is 9.71. The number of halogens is 1. The molecule has 18 heavy (non-hydrogen) atoms. The second kappa shape index (κ2) is 6.55. The van der Waals surface area contributed by atoms with Gasteiger partial charge in [-0.1, -0.05) is 15.9 Å². The Balaban J connectivity index is 1.76. The number of hydrogen-bond acceptors (Lipinski definition) is 3. The number of phenols is 1. The highest BCUT2D eigenvalue weighted by Crippen LogP contribution is 2.24. The van der Waals surface area contributed by atoms with E-state index in [9.17, 15) is 10.2 Å². The average molecular weight is 314 g/mol. The van der Waals surface area contributed by atoms with Gasteiger partial charge in [0.25, 0.3) is 0 Å². The summed E-state index contributed by atoms with van der Waals surface area (Å²) in [6.07, 6.45) is 3.95. The van der Waals surface area contributed by atoms with Gasteiger partial charge in [0.2, 0.25) is 0 Å². The van der Waals surface area contributed by atoms with Gasteiger partial charge in [0.1, 0.15) is 5.75 Å². The lowest BCUT2D eigenvalue weighted by atomic mass is 9.87. The zero-order valence-electron chi connectivity index (χ0n) is 10.4. The van der Waals surface area contributed by atoms with Gasteiger partial charge in [-0.05, 0) is 56.3 Å². The third kappa shape index (κ3) is 3.97. The Kier molecular flexibility index (Phi) is 5.03. The van der Waals surface area contributed by atoms with Crippen LogP contribution in [0.15, 0.2) is 22.7 Å². The number of aliphatic hydroxyl groups is 1. The number of hydrogen-bond donors (Lipinski definition) is 3. The van der Waals surface area contributed by atoms with Gasteiger partial charge in [0.15, 0.2) is 0 Å². The SMILES string of the molecule is Oc1ccc(Br)cc1CNCC1CCC(O)CC1.